The van der Waals surface area contributed by atoms with Gasteiger partial charge < -0.3 is 20.1 Å². The number of rotatable bonds is 3. The average Bonchev–Trinajstić information content (AvgIpc) is 2.85. The molecule has 1 aromatic rings. The second-order valence-electron chi connectivity index (χ2n) is 6.43. The molecule has 1 saturated heterocycles. The fourth-order valence-corrected chi connectivity index (χ4v) is 2.40. The zero-order chi connectivity index (χ0) is 16.3. The first-order chi connectivity index (χ1) is 10.2. The highest BCUT2D eigenvalue weighted by Crippen LogP contribution is 2.21. The van der Waals surface area contributed by atoms with Gasteiger partial charge in [0.2, 0.25) is 0 Å². The van der Waals surface area contributed by atoms with Gasteiger partial charge in [0.25, 0.3) is 0 Å². The minimum Gasteiger partial charge on any atom is -0.478 e. The Morgan fingerprint density at radius 3 is 2.45 bits per heavy atom. The van der Waals surface area contributed by atoms with Gasteiger partial charge in [0.1, 0.15) is 5.60 Å². The van der Waals surface area contributed by atoms with Gasteiger partial charge in [0.05, 0.1) is 11.6 Å². The number of nitrogens with one attached hydrogen (secondary N) is 1. The summed E-state index contributed by atoms with van der Waals surface area (Å²) in [7, 11) is 0. The van der Waals surface area contributed by atoms with E-state index in [1.165, 1.54) is 0 Å². The second-order valence-corrected chi connectivity index (χ2v) is 6.43. The number of hydrogen-bond acceptors (Lipinski definition) is 4. The van der Waals surface area contributed by atoms with Gasteiger partial charge in [0.15, 0.2) is 0 Å². The van der Waals surface area contributed by atoms with Crippen molar-refractivity contribution in [3.05, 3.63) is 29.8 Å². The number of carbonyl (C=O) groups excluding carboxylic acids is 1. The number of amides is 1. The first-order valence-corrected chi connectivity index (χ1v) is 7.32. The van der Waals surface area contributed by atoms with Crippen molar-refractivity contribution in [2.75, 3.05) is 18.0 Å². The van der Waals surface area contributed by atoms with E-state index in [0.717, 1.165) is 18.7 Å². The van der Waals surface area contributed by atoms with Gasteiger partial charge in [0, 0.05) is 18.8 Å². The predicted molar refractivity (Wildman–Crippen MR) is 83.4 cm³/mol. The van der Waals surface area contributed by atoms with E-state index in [1.54, 1.807) is 24.3 Å². The number of carboxylic acid groups (broad SMARTS) is 1. The fourth-order valence-electron chi connectivity index (χ4n) is 2.40. The normalized spacial score (nSPS) is 18.1. The molecule has 0 aliphatic carbocycles. The van der Waals surface area contributed by atoms with Gasteiger partial charge >= 0.3 is 12.1 Å². The number of aromatic carboxylic acids is 1. The summed E-state index contributed by atoms with van der Waals surface area (Å²) in [6.07, 6.45) is 0.431. The van der Waals surface area contributed by atoms with Gasteiger partial charge in [-0.15, -0.1) is 0 Å². The highest BCUT2D eigenvalue weighted by atomic mass is 16.6. The third-order valence-corrected chi connectivity index (χ3v) is 3.39. The lowest BCUT2D eigenvalue weighted by Gasteiger charge is -2.22. The van der Waals surface area contributed by atoms with E-state index >= 15 is 0 Å². The van der Waals surface area contributed by atoms with Crippen LogP contribution >= 0.6 is 0 Å². The van der Waals surface area contributed by atoms with Crippen molar-refractivity contribution < 1.29 is 19.4 Å². The Labute approximate surface area is 130 Å². The highest BCUT2D eigenvalue weighted by Gasteiger charge is 2.26. The largest absolute Gasteiger partial charge is 0.478 e. The average molecular weight is 306 g/mol. The molecule has 120 valence electrons. The maximum absolute atomic E-state index is 11.8. The van der Waals surface area contributed by atoms with Crippen LogP contribution in [0.4, 0.5) is 10.5 Å². The Balaban J connectivity index is 1.89. The topological polar surface area (TPSA) is 78.9 Å². The zero-order valence-electron chi connectivity index (χ0n) is 13.1. The number of hydrogen-bond donors (Lipinski definition) is 2. The minimum absolute atomic E-state index is 0.0361. The van der Waals surface area contributed by atoms with Crippen LogP contribution in [0.25, 0.3) is 0 Å². The quantitative estimate of drug-likeness (QED) is 0.897. The third kappa shape index (κ3) is 4.38. The van der Waals surface area contributed by atoms with Crippen molar-refractivity contribution in [2.45, 2.75) is 38.8 Å². The van der Waals surface area contributed by atoms with E-state index in [-0.39, 0.29) is 11.6 Å². The lowest BCUT2D eigenvalue weighted by Crippen LogP contribution is -2.40. The molecule has 1 aromatic carbocycles. The molecule has 1 aliphatic heterocycles. The van der Waals surface area contributed by atoms with E-state index in [0.29, 0.717) is 6.54 Å². The molecule has 1 aliphatic rings. The van der Waals surface area contributed by atoms with Gasteiger partial charge in [-0.25, -0.2) is 9.59 Å². The van der Waals surface area contributed by atoms with E-state index in [2.05, 4.69) is 10.2 Å². The Bertz CT molecular complexity index is 548. The van der Waals surface area contributed by atoms with E-state index < -0.39 is 17.7 Å². The molecule has 1 unspecified atom stereocenters. The van der Waals surface area contributed by atoms with E-state index in [1.807, 2.05) is 20.8 Å². The van der Waals surface area contributed by atoms with Gasteiger partial charge in [-0.3, -0.25) is 0 Å². The molecule has 6 heteroatoms. The molecular formula is C16H22N2O4. The summed E-state index contributed by atoms with van der Waals surface area (Å²) >= 11 is 0. The van der Waals surface area contributed by atoms with Crippen molar-refractivity contribution in [1.82, 2.24) is 5.32 Å². The van der Waals surface area contributed by atoms with Crippen LogP contribution in [-0.2, 0) is 4.74 Å². The summed E-state index contributed by atoms with van der Waals surface area (Å²) in [5, 5.41) is 11.8. The smallest absolute Gasteiger partial charge is 0.407 e. The van der Waals surface area contributed by atoms with Crippen LogP contribution in [0.1, 0.15) is 37.6 Å². The molecule has 1 heterocycles. The summed E-state index contributed by atoms with van der Waals surface area (Å²) in [4.78, 5) is 24.7. The molecule has 0 spiro atoms. The summed E-state index contributed by atoms with van der Waals surface area (Å²) in [6.45, 7) is 6.99. The van der Waals surface area contributed by atoms with Crippen molar-refractivity contribution in [3.63, 3.8) is 0 Å². The second kappa shape index (κ2) is 6.25. The van der Waals surface area contributed by atoms with Crippen molar-refractivity contribution in [2.24, 2.45) is 0 Å². The summed E-state index contributed by atoms with van der Waals surface area (Å²) in [5.74, 6) is -0.933. The molecule has 1 amide bonds. The summed E-state index contributed by atoms with van der Waals surface area (Å²) in [6, 6.07) is 6.80. The van der Waals surface area contributed by atoms with Crippen molar-refractivity contribution in [3.8, 4) is 0 Å². The monoisotopic (exact) mass is 306 g/mol. The number of ether oxygens (including phenoxy) is 1. The van der Waals surface area contributed by atoms with Gasteiger partial charge in [-0.05, 0) is 51.5 Å². The van der Waals surface area contributed by atoms with Crippen molar-refractivity contribution in [1.29, 1.82) is 0 Å². The molecule has 22 heavy (non-hydrogen) atoms. The number of carbonyl (C=O) groups is 2. The number of benzene rings is 1. The molecule has 6 nitrogen and oxygen atoms in total. The number of carboxylic acids is 1. The summed E-state index contributed by atoms with van der Waals surface area (Å²) < 4.78 is 5.25. The standard InChI is InChI=1S/C16H22N2O4/c1-16(2,3)22-15(21)17-12-8-9-18(10-12)13-6-4-11(5-7-13)14(19)20/h4-7,12H,8-10H2,1-3H3,(H,17,21)(H,19,20). The van der Waals surface area contributed by atoms with Gasteiger partial charge in [-0.1, -0.05) is 0 Å². The zero-order valence-corrected chi connectivity index (χ0v) is 13.1. The van der Waals surface area contributed by atoms with Crippen LogP contribution < -0.4 is 10.2 Å². The lowest BCUT2D eigenvalue weighted by atomic mass is 10.2. The number of nitrogens with zero attached hydrogens (tertiary/aromatic N) is 1. The fraction of sp³-hybridized carbons (Fsp3) is 0.500. The van der Waals surface area contributed by atoms with Crippen LogP contribution in [-0.4, -0.2) is 41.9 Å². The Morgan fingerprint density at radius 1 is 1.27 bits per heavy atom. The molecule has 0 saturated carbocycles. The molecule has 0 bridgehead atoms. The minimum atomic E-state index is -0.933. The van der Waals surface area contributed by atoms with Crippen LogP contribution in [0.2, 0.25) is 0 Å². The van der Waals surface area contributed by atoms with E-state index in [9.17, 15) is 9.59 Å². The molecular weight excluding hydrogens is 284 g/mol. The molecule has 0 radical (unpaired) electrons. The molecule has 1 atom stereocenters. The van der Waals surface area contributed by atoms with Crippen LogP contribution in [0.3, 0.4) is 0 Å². The maximum atomic E-state index is 11.8. The first-order valence-electron chi connectivity index (χ1n) is 7.32. The molecule has 0 aromatic heterocycles. The van der Waals surface area contributed by atoms with Crippen molar-refractivity contribution >= 4 is 17.7 Å². The Kier molecular flexibility index (Phi) is 4.59. The SMILES string of the molecule is CC(C)(C)OC(=O)NC1CCN(c2ccc(C(=O)O)cc2)C1. The summed E-state index contributed by atoms with van der Waals surface area (Å²) in [5.41, 5.74) is 0.722. The number of alkyl carbamates (subject to hydrolysis) is 1. The molecule has 2 rings (SSSR count). The van der Waals surface area contributed by atoms with Crippen LogP contribution in [0, 0.1) is 0 Å². The van der Waals surface area contributed by atoms with Gasteiger partial charge in [-0.2, -0.15) is 0 Å². The van der Waals surface area contributed by atoms with E-state index in [4.69, 9.17) is 9.84 Å². The third-order valence-electron chi connectivity index (χ3n) is 3.39. The molecule has 1 fully saturated rings. The lowest BCUT2D eigenvalue weighted by molar-refractivity contribution is 0.0508. The Morgan fingerprint density at radius 2 is 1.91 bits per heavy atom. The number of anilines is 1. The van der Waals surface area contributed by atoms with Crippen LogP contribution in [0.15, 0.2) is 24.3 Å². The Hall–Kier alpha value is -2.24. The maximum Gasteiger partial charge on any atom is 0.407 e. The predicted octanol–water partition coefficient (Wildman–Crippen LogP) is 2.49. The first kappa shape index (κ1) is 16.1. The highest BCUT2D eigenvalue weighted by molar-refractivity contribution is 5.88. The molecule has 2 N–H and O–H groups in total. The van der Waals surface area contributed by atoms with Crippen LogP contribution in [0.5, 0.6) is 0 Å².